The molecule has 8 rings (SSSR count). The third-order valence-electron chi connectivity index (χ3n) is 12.3. The highest BCUT2D eigenvalue weighted by molar-refractivity contribution is 7.54. The molecule has 0 fully saturated rings. The summed E-state index contributed by atoms with van der Waals surface area (Å²) in [5.74, 6) is -3.28. The number of carboxylic acids is 1. The van der Waals surface area contributed by atoms with Crippen LogP contribution in [0.1, 0.15) is 129 Å². The van der Waals surface area contributed by atoms with Crippen LogP contribution in [-0.2, 0) is 57.5 Å². The molecule has 0 saturated carbocycles. The highest BCUT2D eigenvalue weighted by Gasteiger charge is 2.20. The molecule has 0 radical (unpaired) electrons. The van der Waals surface area contributed by atoms with Crippen LogP contribution >= 0.6 is 65.0 Å². The fraction of sp³-hybridized carbons (Fsp3) is 0.270. The molecule has 0 aliphatic carbocycles. The number of aryl methyl sites for hydroxylation is 5. The minimum atomic E-state index is -1.72. The van der Waals surface area contributed by atoms with Gasteiger partial charge >= 0.3 is 35.3 Å². The van der Waals surface area contributed by atoms with Gasteiger partial charge in [-0.1, -0.05) is 48.5 Å². The lowest BCUT2D eigenvalue weighted by Crippen LogP contribution is -2.08. The van der Waals surface area contributed by atoms with Crippen LogP contribution in [0.4, 0.5) is 17.6 Å². The van der Waals surface area contributed by atoms with Crippen molar-refractivity contribution in [3.63, 3.8) is 0 Å². The van der Waals surface area contributed by atoms with Crippen molar-refractivity contribution in [3.05, 3.63) is 235 Å². The average Bonchev–Trinajstić information content (AvgIpc) is 2.47. The molecule has 8 aromatic rings. The second-order valence-corrected chi connectivity index (χ2v) is 26.0. The van der Waals surface area contributed by atoms with Crippen molar-refractivity contribution in [2.24, 2.45) is 0 Å². The fourth-order valence-corrected chi connectivity index (χ4v) is 7.96. The highest BCUT2D eigenvalue weighted by atomic mass is 35.8. The predicted octanol–water partition coefficient (Wildman–Crippen LogP) is 16.2. The number of carboxylic acid groups (broad SMARTS) is 1. The first-order valence-corrected chi connectivity index (χ1v) is 33.6. The first kappa shape index (κ1) is 77.3. The average molecular weight is 1360 g/mol. The lowest BCUT2D eigenvalue weighted by molar-refractivity contribution is -0.111. The molecule has 14 nitrogen and oxygen atoms in total. The number of H-pyrrole nitrogens is 4. The number of alkyl halides is 2. The maximum atomic E-state index is 12.8. The van der Waals surface area contributed by atoms with Crippen molar-refractivity contribution in [1.29, 1.82) is 0 Å². The number of hydrogen-bond acceptors (Lipinski definition) is 9. The monoisotopic (exact) mass is 1350 g/mol. The Bertz CT molecular complexity index is 3410. The van der Waals surface area contributed by atoms with Gasteiger partial charge in [-0.15, -0.1) is 23.2 Å². The number of aromatic nitrogens is 4. The molecule has 0 amide bonds. The summed E-state index contributed by atoms with van der Waals surface area (Å²) in [5, 5.41) is 8.68. The lowest BCUT2D eigenvalue weighted by atomic mass is 10.0. The molecule has 0 bridgehead atoms. The molecule has 4 aromatic heterocycles. The number of ketones is 1. The van der Waals surface area contributed by atoms with Crippen LogP contribution in [0.2, 0.25) is 0 Å². The predicted molar refractivity (Wildman–Crippen MR) is 340 cm³/mol. The Morgan fingerprint density at radius 2 is 0.795 bits per heavy atom. The third kappa shape index (κ3) is 29.0. The lowest BCUT2D eigenvalue weighted by Gasteiger charge is -2.03. The SMILES string of the molecule is CCOC(=O)c1[nH]cc(C(=O)Cc2ccc(F)cc2)c1C.CCOC(=O)c1[nH]cc(CCc2ccc(F)cc2)c1C.CCOC(=O)c1[nH]ccc1C.Cc1c(CCc2ccc(F)cc2)c[nH]c1C(=O)O.ClCCl.O=C(Cl)Cc1ccc(F)cc1.[Cl][Al]([Cl])[Cl]. The van der Waals surface area contributed by atoms with Crippen molar-refractivity contribution in [2.75, 3.05) is 25.2 Å². The van der Waals surface area contributed by atoms with Gasteiger partial charge in [-0.05, 0) is 196 Å². The molecular formula is C63H67AlCl6F4N4O10. The molecule has 0 atom stereocenters. The zero-order chi connectivity index (χ0) is 65.9. The molecule has 0 aliphatic rings. The van der Waals surface area contributed by atoms with Crippen molar-refractivity contribution < 1.29 is 65.6 Å². The number of esters is 3. The van der Waals surface area contributed by atoms with Crippen molar-refractivity contribution in [2.45, 2.75) is 87.0 Å². The van der Waals surface area contributed by atoms with Crippen LogP contribution in [0.25, 0.3) is 0 Å². The normalized spacial score (nSPS) is 9.97. The first-order chi connectivity index (χ1) is 41.8. The summed E-state index contributed by atoms with van der Waals surface area (Å²) in [6.07, 6.45) is 10.2. The van der Waals surface area contributed by atoms with E-state index in [0.29, 0.717) is 41.4 Å². The number of Topliss-reactive ketones (excluding diaryl/α,β-unsaturated/α-hetero) is 1. The van der Waals surface area contributed by atoms with Gasteiger partial charge < -0.3 is 39.3 Å². The number of nitrogens with one attached hydrogen (secondary N) is 4. The van der Waals surface area contributed by atoms with Gasteiger partial charge in [-0.3, -0.25) is 9.59 Å². The Morgan fingerprint density at radius 3 is 1.14 bits per heavy atom. The molecule has 0 saturated heterocycles. The van der Waals surface area contributed by atoms with E-state index in [4.69, 9.17) is 84.3 Å². The zero-order valence-corrected chi connectivity index (χ0v) is 54.9. The number of benzene rings is 4. The van der Waals surface area contributed by atoms with Gasteiger partial charge in [0, 0.05) is 43.2 Å². The summed E-state index contributed by atoms with van der Waals surface area (Å²) >= 11 is 12.9. The van der Waals surface area contributed by atoms with Crippen molar-refractivity contribution in [1.82, 2.24) is 19.9 Å². The summed E-state index contributed by atoms with van der Waals surface area (Å²) in [7, 11) is 14.8. The smallest absolute Gasteiger partial charge is 0.477 e. The zero-order valence-electron chi connectivity index (χ0n) is 49.2. The van der Waals surface area contributed by atoms with E-state index < -0.39 is 28.6 Å². The van der Waals surface area contributed by atoms with Gasteiger partial charge in [-0.2, -0.15) is 0 Å². The Balaban J connectivity index is 0.000000372. The van der Waals surface area contributed by atoms with Gasteiger partial charge in [-0.25, -0.2) is 66.9 Å². The number of carbonyl (C=O) groups excluding carboxylic acids is 5. The summed E-state index contributed by atoms with van der Waals surface area (Å²) in [6, 6.07) is 26.1. The minimum absolute atomic E-state index is 0.133. The fourth-order valence-electron chi connectivity index (χ4n) is 7.81. The number of ether oxygens (including phenoxy) is 3. The molecular weight excluding hydrogens is 1290 g/mol. The Hall–Kier alpha value is -6.79. The molecule has 0 aliphatic heterocycles. The molecule has 5 N–H and O–H groups in total. The second-order valence-electron chi connectivity index (χ2n) is 18.3. The van der Waals surface area contributed by atoms with Crippen LogP contribution in [-0.4, -0.2) is 96.5 Å². The van der Waals surface area contributed by atoms with Gasteiger partial charge in [0.2, 0.25) is 5.24 Å². The van der Waals surface area contributed by atoms with E-state index in [0.717, 1.165) is 75.8 Å². The third-order valence-corrected chi connectivity index (χ3v) is 12.4. The van der Waals surface area contributed by atoms with Gasteiger partial charge in [0.1, 0.15) is 46.0 Å². The standard InChI is InChI=1S/C16H16FNO3.C16H18FNO2.C14H14FNO2.C8H6ClFO.C8H11NO2.CH2Cl2.Al.3ClH/c1-3-21-16(20)15-10(2)13(9-18-15)14(19)8-11-4-6-12(17)7-5-11;1-3-20-16(19)15-11(2)13(10-18-15)7-4-12-5-8-14(17)9-6-12;1-9-11(8-16-13(9)14(17)18)5-2-10-3-6-12(15)7-4-10;9-8(11)5-6-1-3-7(10)4-2-6;1-3-11-8(10)7-6(2)4-5-9-7;2-1-3;;;;/h4-7,9,18H,3,8H2,1-2H3;5-6,8-10,18H,3-4,7H2,1-2H3;3-4,6-8,16H,2,5H2,1H3,(H,17,18);1-4H,5H2;4-5,9H,3H2,1-2H3;1H2;;3*1H/q;;;;;;+3;;;/p-3. The molecule has 4 aromatic carbocycles. The van der Waals surface area contributed by atoms with Crippen LogP contribution < -0.4 is 0 Å². The van der Waals surface area contributed by atoms with E-state index in [1.807, 2.05) is 26.1 Å². The van der Waals surface area contributed by atoms with Crippen LogP contribution in [0.5, 0.6) is 0 Å². The number of aromatic carboxylic acids is 1. The van der Waals surface area contributed by atoms with E-state index in [9.17, 15) is 46.3 Å². The second kappa shape index (κ2) is 42.2. The summed E-state index contributed by atoms with van der Waals surface area (Å²) in [4.78, 5) is 79.3. The van der Waals surface area contributed by atoms with Crippen molar-refractivity contribution in [3.8, 4) is 0 Å². The summed E-state index contributed by atoms with van der Waals surface area (Å²) in [5.41, 5.74) is 10.8. The Kier molecular flexibility index (Phi) is 37.1. The molecule has 88 heavy (non-hydrogen) atoms. The number of rotatable bonds is 18. The summed E-state index contributed by atoms with van der Waals surface area (Å²) in [6.45, 7) is 13.6. The van der Waals surface area contributed by atoms with Crippen molar-refractivity contribution >= 4 is 111 Å². The summed E-state index contributed by atoms with van der Waals surface area (Å²) < 4.78 is 65.4. The molecule has 0 unspecified atom stereocenters. The van der Waals surface area contributed by atoms with E-state index in [-0.39, 0.29) is 71.5 Å². The van der Waals surface area contributed by atoms with Crippen LogP contribution in [0.3, 0.4) is 0 Å². The number of halogens is 10. The number of hydrogen-bond donors (Lipinski definition) is 5. The maximum Gasteiger partial charge on any atom is 0.643 e. The van der Waals surface area contributed by atoms with Gasteiger partial charge in [0.15, 0.2) is 5.78 Å². The molecule has 472 valence electrons. The minimum Gasteiger partial charge on any atom is -0.477 e. The number of carbonyl (C=O) groups is 6. The van der Waals surface area contributed by atoms with E-state index in [1.165, 1.54) is 66.9 Å². The first-order valence-electron chi connectivity index (χ1n) is 26.9. The van der Waals surface area contributed by atoms with Gasteiger partial charge in [0.25, 0.3) is 0 Å². The highest BCUT2D eigenvalue weighted by Crippen LogP contribution is 2.20. The number of aromatic amines is 4. The maximum absolute atomic E-state index is 12.8. The van der Waals surface area contributed by atoms with E-state index >= 15 is 0 Å². The molecule has 0 spiro atoms. The molecule has 4 heterocycles. The van der Waals surface area contributed by atoms with Crippen LogP contribution in [0, 0.1) is 51.0 Å². The van der Waals surface area contributed by atoms with E-state index in [1.54, 1.807) is 83.4 Å². The molecule has 25 heteroatoms. The van der Waals surface area contributed by atoms with Gasteiger partial charge in [0.05, 0.1) is 25.2 Å². The van der Waals surface area contributed by atoms with E-state index in [2.05, 4.69) is 19.9 Å². The largest absolute Gasteiger partial charge is 0.643 e. The Labute approximate surface area is 540 Å². The quantitative estimate of drug-likeness (QED) is 0.0104. The topological polar surface area (TPSA) is 213 Å². The Morgan fingerprint density at radius 1 is 0.466 bits per heavy atom. The van der Waals surface area contributed by atoms with Crippen LogP contribution in [0.15, 0.2) is 128 Å².